The Hall–Kier alpha value is -2.09. The summed E-state index contributed by atoms with van der Waals surface area (Å²) in [5.41, 5.74) is 4.18. The Balaban J connectivity index is 2.43. The van der Waals surface area contributed by atoms with Crippen LogP contribution in [0.15, 0.2) is 48.1 Å². The van der Waals surface area contributed by atoms with Crippen molar-refractivity contribution in [1.29, 1.82) is 0 Å². The molecule has 1 saturated carbocycles. The third-order valence-electron chi connectivity index (χ3n) is 6.05. The van der Waals surface area contributed by atoms with E-state index >= 15 is 0 Å². The van der Waals surface area contributed by atoms with Crippen LogP contribution in [0.4, 0.5) is 0 Å². The lowest BCUT2D eigenvalue weighted by Crippen LogP contribution is -2.17. The van der Waals surface area contributed by atoms with Gasteiger partial charge < -0.3 is 5.11 Å². The molecule has 1 aliphatic carbocycles. The van der Waals surface area contributed by atoms with E-state index in [-0.39, 0.29) is 10.8 Å². The van der Waals surface area contributed by atoms with Crippen molar-refractivity contribution in [2.24, 2.45) is 5.92 Å². The van der Waals surface area contributed by atoms with Crippen molar-refractivity contribution in [2.75, 3.05) is 0 Å². The highest BCUT2D eigenvalue weighted by Crippen LogP contribution is 2.33. The van der Waals surface area contributed by atoms with Crippen molar-refractivity contribution in [1.82, 2.24) is 0 Å². The van der Waals surface area contributed by atoms with Crippen molar-refractivity contribution in [3.8, 4) is 0 Å². The molecule has 1 aliphatic rings. The van der Waals surface area contributed by atoms with Gasteiger partial charge in [0.1, 0.15) is 0 Å². The monoisotopic (exact) mass is 408 g/mol. The van der Waals surface area contributed by atoms with Gasteiger partial charge in [0.15, 0.2) is 0 Å². The summed E-state index contributed by atoms with van der Waals surface area (Å²) in [6.07, 6.45) is 14.8. The lowest BCUT2D eigenvalue weighted by molar-refractivity contribution is -0.130. The highest BCUT2D eigenvalue weighted by molar-refractivity contribution is 6.17. The molecule has 0 aliphatic heterocycles. The minimum atomic E-state index is -0.876. The van der Waals surface area contributed by atoms with Crippen LogP contribution < -0.4 is 0 Å². The Morgan fingerprint density at radius 2 is 1.43 bits per heavy atom. The van der Waals surface area contributed by atoms with Gasteiger partial charge in [-0.25, -0.2) is 4.79 Å². The van der Waals surface area contributed by atoms with Crippen molar-refractivity contribution in [2.45, 2.75) is 91.4 Å². The van der Waals surface area contributed by atoms with Gasteiger partial charge in [0.2, 0.25) is 0 Å². The maximum atomic E-state index is 12.2. The molecule has 1 fully saturated rings. The first-order chi connectivity index (χ1) is 13.9. The van der Waals surface area contributed by atoms with Gasteiger partial charge in [0, 0.05) is 0 Å². The Kier molecular flexibility index (Phi) is 7.91. The van der Waals surface area contributed by atoms with Gasteiger partial charge in [0.05, 0.1) is 5.57 Å². The number of benzene rings is 1. The summed E-state index contributed by atoms with van der Waals surface area (Å²) in [6, 6.07) is 6.32. The molecule has 1 aromatic rings. The molecule has 0 radical (unpaired) electrons. The van der Waals surface area contributed by atoms with Gasteiger partial charge in [0.25, 0.3) is 0 Å². The molecule has 1 N–H and O–H groups in total. The third kappa shape index (κ3) is 6.72. The van der Waals surface area contributed by atoms with Crippen LogP contribution in [0.25, 0.3) is 5.57 Å². The number of carbonyl (C=O) groups is 1. The maximum absolute atomic E-state index is 12.2. The summed E-state index contributed by atoms with van der Waals surface area (Å²) in [5.74, 6) is -0.205. The first-order valence-electron chi connectivity index (χ1n) is 11.3. The number of carboxylic acids is 1. The molecule has 0 unspecified atom stereocenters. The van der Waals surface area contributed by atoms with Crippen LogP contribution in [0.5, 0.6) is 0 Å². The van der Waals surface area contributed by atoms with Gasteiger partial charge in [-0.15, -0.1) is 0 Å². The van der Waals surface area contributed by atoms with Crippen LogP contribution in [0.3, 0.4) is 0 Å². The second-order valence-electron chi connectivity index (χ2n) is 10.8. The summed E-state index contributed by atoms with van der Waals surface area (Å²) in [4.78, 5) is 12.2. The highest BCUT2D eigenvalue weighted by atomic mass is 16.4. The van der Waals surface area contributed by atoms with Crippen molar-refractivity contribution in [3.63, 3.8) is 0 Å². The zero-order chi connectivity index (χ0) is 22.5. The molecule has 0 spiro atoms. The standard InChI is InChI=1S/C28H40O2/c1-20(13-11-12-16-21-14-9-8-10-15-21)25(26(29)30)22-17-23(27(2,3)4)19-24(18-22)28(5,6)7/h11-13,16-19,21H,8-10,14-15H2,1-7H3,(H,29,30). The summed E-state index contributed by atoms with van der Waals surface area (Å²) >= 11 is 0. The second kappa shape index (κ2) is 9.81. The molecule has 2 nitrogen and oxygen atoms in total. The molecule has 30 heavy (non-hydrogen) atoms. The second-order valence-corrected chi connectivity index (χ2v) is 10.8. The van der Waals surface area contributed by atoms with E-state index in [1.165, 1.54) is 32.1 Å². The molecule has 0 aromatic heterocycles. The zero-order valence-electron chi connectivity index (χ0n) is 20.0. The number of allylic oxidation sites excluding steroid dienone is 5. The number of hydrogen-bond donors (Lipinski definition) is 1. The van der Waals surface area contributed by atoms with Crippen LogP contribution in [0, 0.1) is 5.92 Å². The summed E-state index contributed by atoms with van der Waals surface area (Å²) in [5, 5.41) is 10.0. The Bertz CT molecular complexity index is 800. The van der Waals surface area contributed by atoms with Gasteiger partial charge in [-0.2, -0.15) is 0 Å². The zero-order valence-corrected chi connectivity index (χ0v) is 20.0. The smallest absolute Gasteiger partial charge is 0.336 e. The molecule has 0 atom stereocenters. The van der Waals surface area contributed by atoms with E-state index in [0.29, 0.717) is 11.5 Å². The van der Waals surface area contributed by atoms with E-state index in [4.69, 9.17) is 0 Å². The van der Waals surface area contributed by atoms with E-state index in [1.54, 1.807) is 0 Å². The van der Waals surface area contributed by atoms with Gasteiger partial charge >= 0.3 is 5.97 Å². The molecule has 2 rings (SSSR count). The molecule has 0 amide bonds. The summed E-state index contributed by atoms with van der Waals surface area (Å²) < 4.78 is 0. The number of carboxylic acid groups (broad SMARTS) is 1. The molecule has 2 heteroatoms. The average molecular weight is 409 g/mol. The predicted octanol–water partition coefficient (Wildman–Crippen LogP) is 7.83. The molecule has 164 valence electrons. The Morgan fingerprint density at radius 1 is 0.900 bits per heavy atom. The normalized spacial score (nSPS) is 17.6. The van der Waals surface area contributed by atoms with E-state index in [9.17, 15) is 9.90 Å². The lowest BCUT2D eigenvalue weighted by Gasteiger charge is -2.26. The van der Waals surface area contributed by atoms with E-state index in [0.717, 1.165) is 22.3 Å². The van der Waals surface area contributed by atoms with Crippen molar-refractivity contribution in [3.05, 3.63) is 64.8 Å². The molecule has 1 aromatic carbocycles. The Labute approximate surface area is 183 Å². The maximum Gasteiger partial charge on any atom is 0.336 e. The van der Waals surface area contributed by atoms with Crippen molar-refractivity contribution < 1.29 is 9.90 Å². The largest absolute Gasteiger partial charge is 0.478 e. The quantitative estimate of drug-likeness (QED) is 0.398. The first-order valence-corrected chi connectivity index (χ1v) is 11.3. The van der Waals surface area contributed by atoms with Gasteiger partial charge in [-0.1, -0.05) is 103 Å². The number of hydrogen-bond acceptors (Lipinski definition) is 1. The molecular formula is C28H40O2. The first kappa shape index (κ1) is 24.2. The van der Waals surface area contributed by atoms with Gasteiger partial charge in [-0.3, -0.25) is 0 Å². The SMILES string of the molecule is CC(C=CC=CC1CCCCC1)=C(C(=O)O)c1cc(C(C)(C)C)cc(C(C)(C)C)c1. The average Bonchev–Trinajstić information content (AvgIpc) is 2.64. The van der Waals surface area contributed by atoms with Crippen LogP contribution in [0.1, 0.15) is 97.3 Å². The summed E-state index contributed by atoms with van der Waals surface area (Å²) in [7, 11) is 0. The minimum Gasteiger partial charge on any atom is -0.478 e. The van der Waals surface area contributed by atoms with Gasteiger partial charge in [-0.05, 0) is 58.8 Å². The fraction of sp³-hybridized carbons (Fsp3) is 0.536. The topological polar surface area (TPSA) is 37.3 Å². The Morgan fingerprint density at radius 3 is 1.90 bits per heavy atom. The van der Waals surface area contributed by atoms with E-state index in [1.807, 2.05) is 31.2 Å². The lowest BCUT2D eigenvalue weighted by atomic mass is 9.78. The number of rotatable bonds is 5. The summed E-state index contributed by atoms with van der Waals surface area (Å²) in [6.45, 7) is 14.9. The van der Waals surface area contributed by atoms with E-state index in [2.05, 4.69) is 59.8 Å². The molecule has 0 bridgehead atoms. The fourth-order valence-electron chi connectivity index (χ4n) is 3.99. The predicted molar refractivity (Wildman–Crippen MR) is 129 cm³/mol. The highest BCUT2D eigenvalue weighted by Gasteiger charge is 2.23. The molecular weight excluding hydrogens is 368 g/mol. The van der Waals surface area contributed by atoms with Crippen LogP contribution in [-0.4, -0.2) is 11.1 Å². The van der Waals surface area contributed by atoms with Crippen molar-refractivity contribution >= 4 is 11.5 Å². The fourth-order valence-corrected chi connectivity index (χ4v) is 3.99. The number of aliphatic carboxylic acids is 1. The van der Waals surface area contributed by atoms with Crippen LogP contribution >= 0.6 is 0 Å². The molecule has 0 heterocycles. The van der Waals surface area contributed by atoms with Crippen LogP contribution in [-0.2, 0) is 15.6 Å². The minimum absolute atomic E-state index is 0.0495. The third-order valence-corrected chi connectivity index (χ3v) is 6.05. The molecule has 0 saturated heterocycles. The van der Waals surface area contributed by atoms with Crippen LogP contribution in [0.2, 0.25) is 0 Å². The van der Waals surface area contributed by atoms with E-state index < -0.39 is 5.97 Å².